The van der Waals surface area contributed by atoms with Gasteiger partial charge in [-0.25, -0.2) is 13.1 Å². The van der Waals surface area contributed by atoms with E-state index >= 15 is 0 Å². The molecular formula is C30H33N7O3S. The second-order valence-electron chi connectivity index (χ2n) is 11.2. The summed E-state index contributed by atoms with van der Waals surface area (Å²) in [6, 6.07) is 17.8. The maximum absolute atomic E-state index is 13.7. The molecule has 1 saturated heterocycles. The molecule has 1 aliphatic heterocycles. The van der Waals surface area contributed by atoms with Crippen LogP contribution in [0.1, 0.15) is 43.0 Å². The molecule has 1 aliphatic rings. The average Bonchev–Trinajstić information content (AvgIpc) is 3.70. The summed E-state index contributed by atoms with van der Waals surface area (Å²) in [6.07, 6.45) is 6.30. The van der Waals surface area contributed by atoms with Gasteiger partial charge in [0.15, 0.2) is 0 Å². The first-order chi connectivity index (χ1) is 19.6. The summed E-state index contributed by atoms with van der Waals surface area (Å²) in [6.45, 7) is 6.62. The van der Waals surface area contributed by atoms with Crippen molar-refractivity contribution in [3.8, 4) is 5.69 Å². The number of aromatic nitrogens is 6. The summed E-state index contributed by atoms with van der Waals surface area (Å²) in [5, 5.41) is 14.0. The molecule has 1 fully saturated rings. The van der Waals surface area contributed by atoms with Crippen LogP contribution in [0.5, 0.6) is 0 Å². The van der Waals surface area contributed by atoms with E-state index in [-0.39, 0.29) is 16.6 Å². The van der Waals surface area contributed by atoms with E-state index in [1.807, 2.05) is 42.9 Å². The maximum Gasteiger partial charge on any atom is 0.264 e. The quantitative estimate of drug-likeness (QED) is 0.294. The molecule has 4 heterocycles. The molecule has 0 saturated carbocycles. The topological polar surface area (TPSA) is 108 Å². The summed E-state index contributed by atoms with van der Waals surface area (Å²) in [5.74, 6) is 0. The molecule has 41 heavy (non-hydrogen) atoms. The van der Waals surface area contributed by atoms with Crippen molar-refractivity contribution in [2.24, 2.45) is 7.05 Å². The Kier molecular flexibility index (Phi) is 6.66. The van der Waals surface area contributed by atoms with E-state index < -0.39 is 15.4 Å². The number of fused-ring (bicyclic) bond motifs is 1. The maximum atomic E-state index is 13.7. The largest absolute Gasteiger partial charge is 0.316 e. The molecule has 11 heteroatoms. The van der Waals surface area contributed by atoms with Crippen LogP contribution in [0.25, 0.3) is 16.6 Å². The number of hydrogen-bond acceptors (Lipinski definition) is 6. The molecule has 0 spiro atoms. The van der Waals surface area contributed by atoms with Crippen molar-refractivity contribution in [3.63, 3.8) is 0 Å². The van der Waals surface area contributed by atoms with E-state index in [0.717, 1.165) is 33.3 Å². The van der Waals surface area contributed by atoms with E-state index in [1.54, 1.807) is 23.6 Å². The lowest BCUT2D eigenvalue weighted by Gasteiger charge is -2.32. The molecule has 0 radical (unpaired) electrons. The second-order valence-corrected chi connectivity index (χ2v) is 13.1. The van der Waals surface area contributed by atoms with Gasteiger partial charge in [-0.3, -0.25) is 4.79 Å². The van der Waals surface area contributed by atoms with Crippen molar-refractivity contribution in [3.05, 3.63) is 100 Å². The minimum absolute atomic E-state index is 0.0209. The first-order valence-corrected chi connectivity index (χ1v) is 15.1. The van der Waals surface area contributed by atoms with Crippen molar-refractivity contribution in [2.45, 2.75) is 50.1 Å². The van der Waals surface area contributed by atoms with Gasteiger partial charge in [-0.1, -0.05) is 30.3 Å². The Balaban J connectivity index is 1.43. The van der Waals surface area contributed by atoms with Crippen LogP contribution in [0, 0.1) is 6.92 Å². The van der Waals surface area contributed by atoms with Gasteiger partial charge in [0, 0.05) is 43.2 Å². The summed E-state index contributed by atoms with van der Waals surface area (Å²) < 4.78 is 32.4. The summed E-state index contributed by atoms with van der Waals surface area (Å²) in [5.41, 5.74) is 4.51. The fraction of sp³-hybridized carbons (Fsp3) is 0.333. The summed E-state index contributed by atoms with van der Waals surface area (Å²) in [4.78, 5) is 13.4. The van der Waals surface area contributed by atoms with E-state index in [2.05, 4.69) is 46.5 Å². The normalized spacial score (nSPS) is 18.1. The van der Waals surface area contributed by atoms with Crippen LogP contribution in [0.3, 0.4) is 0 Å². The number of rotatable bonds is 7. The standard InChI is InChI=1S/C30H33N7O3S/c1-21(2)37-32-18-28(33-37)41(39,40)35-13-12-30(20-35,16-23-8-6-5-7-9-23)26-15-24-17-31-36(27(24)14-22(26)3)25-10-11-29(38)34(4)19-25/h5-11,14-15,17-19,21H,12-13,16,20H2,1-4H3. The Morgan fingerprint density at radius 3 is 2.51 bits per heavy atom. The Bertz CT molecular complexity index is 1910. The average molecular weight is 572 g/mol. The Morgan fingerprint density at radius 1 is 1.02 bits per heavy atom. The lowest BCUT2D eigenvalue weighted by Crippen LogP contribution is -2.36. The monoisotopic (exact) mass is 571 g/mol. The van der Waals surface area contributed by atoms with Gasteiger partial charge >= 0.3 is 0 Å². The Labute approximate surface area is 238 Å². The Hall–Kier alpha value is -4.09. The zero-order chi connectivity index (χ0) is 28.9. The fourth-order valence-corrected chi connectivity index (χ4v) is 7.29. The Morgan fingerprint density at radius 2 is 1.80 bits per heavy atom. The molecule has 6 rings (SSSR count). The molecule has 212 valence electrons. The zero-order valence-electron chi connectivity index (χ0n) is 23.6. The lowest BCUT2D eigenvalue weighted by atomic mass is 9.73. The molecule has 0 N–H and O–H groups in total. The molecule has 10 nitrogen and oxygen atoms in total. The van der Waals surface area contributed by atoms with Gasteiger partial charge in [0.2, 0.25) is 10.6 Å². The predicted octanol–water partition coefficient (Wildman–Crippen LogP) is 3.78. The van der Waals surface area contributed by atoms with Crippen LogP contribution >= 0.6 is 0 Å². The zero-order valence-corrected chi connectivity index (χ0v) is 24.4. The number of pyridine rings is 1. The van der Waals surface area contributed by atoms with Crippen LogP contribution in [-0.4, -0.2) is 55.2 Å². The van der Waals surface area contributed by atoms with Crippen molar-refractivity contribution in [1.82, 2.24) is 33.6 Å². The third-order valence-electron chi connectivity index (χ3n) is 8.06. The van der Waals surface area contributed by atoms with Gasteiger partial charge < -0.3 is 4.57 Å². The van der Waals surface area contributed by atoms with Crippen LogP contribution in [0.15, 0.2) is 83.0 Å². The molecule has 1 unspecified atom stereocenters. The molecule has 0 aliphatic carbocycles. The highest BCUT2D eigenvalue weighted by Gasteiger charge is 2.45. The first-order valence-electron chi connectivity index (χ1n) is 13.7. The molecule has 3 aromatic heterocycles. The van der Waals surface area contributed by atoms with Crippen molar-refractivity contribution < 1.29 is 8.42 Å². The summed E-state index contributed by atoms with van der Waals surface area (Å²) in [7, 11) is -2.10. The first kappa shape index (κ1) is 27.1. The molecule has 5 aromatic rings. The van der Waals surface area contributed by atoms with Gasteiger partial charge in [0.25, 0.3) is 10.0 Å². The van der Waals surface area contributed by atoms with E-state index in [0.29, 0.717) is 25.9 Å². The third-order valence-corrected chi connectivity index (χ3v) is 9.77. The van der Waals surface area contributed by atoms with Crippen molar-refractivity contribution >= 4 is 20.9 Å². The highest BCUT2D eigenvalue weighted by molar-refractivity contribution is 7.89. The number of sulfonamides is 1. The number of benzene rings is 2. The van der Waals surface area contributed by atoms with Crippen LogP contribution in [-0.2, 0) is 28.9 Å². The van der Waals surface area contributed by atoms with Crippen molar-refractivity contribution in [2.75, 3.05) is 13.1 Å². The number of aryl methyl sites for hydroxylation is 2. The predicted molar refractivity (Wildman–Crippen MR) is 157 cm³/mol. The van der Waals surface area contributed by atoms with Crippen LogP contribution in [0.2, 0.25) is 0 Å². The third kappa shape index (κ3) is 4.78. The highest BCUT2D eigenvalue weighted by atomic mass is 32.2. The minimum Gasteiger partial charge on any atom is -0.316 e. The van der Waals surface area contributed by atoms with Crippen LogP contribution < -0.4 is 5.56 Å². The molecule has 0 bridgehead atoms. The van der Waals surface area contributed by atoms with Gasteiger partial charge in [-0.15, -0.1) is 5.10 Å². The van der Waals surface area contributed by atoms with Crippen LogP contribution in [0.4, 0.5) is 0 Å². The minimum atomic E-state index is -3.82. The highest BCUT2D eigenvalue weighted by Crippen LogP contribution is 2.42. The smallest absolute Gasteiger partial charge is 0.264 e. The number of nitrogens with zero attached hydrogens (tertiary/aromatic N) is 7. The summed E-state index contributed by atoms with van der Waals surface area (Å²) >= 11 is 0. The van der Waals surface area contributed by atoms with Gasteiger partial charge in [0.1, 0.15) is 0 Å². The molecule has 1 atom stereocenters. The van der Waals surface area contributed by atoms with Gasteiger partial charge in [-0.2, -0.15) is 19.3 Å². The lowest BCUT2D eigenvalue weighted by molar-refractivity contribution is 0.410. The fourth-order valence-electron chi connectivity index (χ4n) is 5.91. The van der Waals surface area contributed by atoms with Crippen molar-refractivity contribution in [1.29, 1.82) is 0 Å². The molecule has 2 aromatic carbocycles. The SMILES string of the molecule is Cc1cc2c(cnn2-c2ccc(=O)n(C)c2)cc1C1(Cc2ccccc2)CCN(S(=O)(=O)c2cnn(C(C)C)n2)C1. The second kappa shape index (κ2) is 10.1. The molecular weight excluding hydrogens is 538 g/mol. The van der Waals surface area contributed by atoms with E-state index in [9.17, 15) is 13.2 Å². The number of hydrogen-bond donors (Lipinski definition) is 0. The molecule has 0 amide bonds. The van der Waals surface area contributed by atoms with Gasteiger partial charge in [-0.05, 0) is 68.5 Å². The van der Waals surface area contributed by atoms with E-state index in [1.165, 1.54) is 21.6 Å². The van der Waals surface area contributed by atoms with E-state index in [4.69, 9.17) is 0 Å². The van der Waals surface area contributed by atoms with Gasteiger partial charge in [0.05, 0.1) is 29.6 Å².